The molecule has 0 bridgehead atoms. The molecule has 5 nitrogen and oxygen atoms in total. The van der Waals surface area contributed by atoms with Gasteiger partial charge < -0.3 is 14.6 Å². The topological polar surface area (TPSA) is 56.1 Å². The molecule has 1 aliphatic carbocycles. The van der Waals surface area contributed by atoms with E-state index in [0.29, 0.717) is 34.6 Å². The van der Waals surface area contributed by atoms with Crippen molar-refractivity contribution < 1.29 is 13.9 Å². The molecule has 2 aromatic rings. The van der Waals surface area contributed by atoms with Gasteiger partial charge in [-0.25, -0.2) is 9.37 Å². The van der Waals surface area contributed by atoms with Crippen LogP contribution in [-0.4, -0.2) is 35.2 Å². The van der Waals surface area contributed by atoms with E-state index < -0.39 is 0 Å². The van der Waals surface area contributed by atoms with Gasteiger partial charge in [-0.05, 0) is 62.6 Å². The zero-order valence-corrected chi connectivity index (χ0v) is 18.2. The lowest BCUT2D eigenvalue weighted by atomic mass is 9.97. The van der Waals surface area contributed by atoms with Crippen molar-refractivity contribution >= 4 is 17.5 Å². The summed E-state index contributed by atoms with van der Waals surface area (Å²) in [6, 6.07) is 4.45. The molecule has 1 amide bonds. The van der Waals surface area contributed by atoms with Crippen LogP contribution in [0.15, 0.2) is 18.2 Å². The SMILES string of the molecule is Cc1c(C(=O)NCCC2CCOCC2)nc(-c2cc(Cl)ccc2F)n1CCC1CC1. The molecule has 0 radical (unpaired) electrons. The Hall–Kier alpha value is -1.92. The molecule has 1 aromatic heterocycles. The number of hydrogen-bond donors (Lipinski definition) is 1. The lowest BCUT2D eigenvalue weighted by Crippen LogP contribution is -2.28. The lowest BCUT2D eigenvalue weighted by Gasteiger charge is -2.21. The number of amides is 1. The molecule has 162 valence electrons. The molecule has 2 aliphatic rings. The Morgan fingerprint density at radius 3 is 2.70 bits per heavy atom. The van der Waals surface area contributed by atoms with Crippen LogP contribution in [0.1, 0.15) is 54.7 Å². The predicted octanol–water partition coefficient (Wildman–Crippen LogP) is 5.00. The third-order valence-electron chi connectivity index (χ3n) is 6.24. The standard InChI is InChI=1S/C23H29ClFN3O2/c1-15-21(23(29)26-10-6-17-8-12-30-13-9-17)27-22(28(15)11-7-16-2-3-16)19-14-18(24)4-5-20(19)25/h4-5,14,16-17H,2-3,6-13H2,1H3,(H,26,29). The largest absolute Gasteiger partial charge is 0.381 e. The Morgan fingerprint density at radius 1 is 1.23 bits per heavy atom. The number of nitrogens with one attached hydrogen (secondary N) is 1. The molecule has 1 saturated carbocycles. The van der Waals surface area contributed by atoms with Crippen LogP contribution in [0.5, 0.6) is 0 Å². The normalized spacial score (nSPS) is 17.3. The third kappa shape index (κ3) is 5.03. The van der Waals surface area contributed by atoms with E-state index >= 15 is 0 Å². The fourth-order valence-corrected chi connectivity index (χ4v) is 4.30. The number of aromatic nitrogens is 2. The van der Waals surface area contributed by atoms with Crippen molar-refractivity contribution in [1.29, 1.82) is 0 Å². The van der Waals surface area contributed by atoms with Gasteiger partial charge in [-0.2, -0.15) is 0 Å². The van der Waals surface area contributed by atoms with E-state index in [9.17, 15) is 9.18 Å². The van der Waals surface area contributed by atoms with Crippen LogP contribution in [0.2, 0.25) is 5.02 Å². The average molecular weight is 434 g/mol. The Morgan fingerprint density at radius 2 is 1.97 bits per heavy atom. The van der Waals surface area contributed by atoms with Crippen molar-refractivity contribution in [3.8, 4) is 11.4 Å². The summed E-state index contributed by atoms with van der Waals surface area (Å²) in [6.07, 6.45) is 6.53. The summed E-state index contributed by atoms with van der Waals surface area (Å²) in [5, 5.41) is 3.45. The molecule has 1 aliphatic heterocycles. The second kappa shape index (κ2) is 9.48. The minimum absolute atomic E-state index is 0.201. The molecule has 4 rings (SSSR count). The first kappa shape index (κ1) is 21.3. The van der Waals surface area contributed by atoms with Crippen LogP contribution in [-0.2, 0) is 11.3 Å². The molecular weight excluding hydrogens is 405 g/mol. The lowest BCUT2D eigenvalue weighted by molar-refractivity contribution is 0.0636. The molecule has 0 atom stereocenters. The molecule has 1 saturated heterocycles. The summed E-state index contributed by atoms with van der Waals surface area (Å²) in [6.45, 7) is 4.83. The van der Waals surface area contributed by atoms with E-state index in [4.69, 9.17) is 16.3 Å². The number of carbonyl (C=O) groups is 1. The molecular formula is C23H29ClFN3O2. The van der Waals surface area contributed by atoms with Gasteiger partial charge in [-0.1, -0.05) is 24.4 Å². The van der Waals surface area contributed by atoms with E-state index in [2.05, 4.69) is 10.3 Å². The van der Waals surface area contributed by atoms with Gasteiger partial charge in [0.1, 0.15) is 17.3 Å². The number of ether oxygens (including phenoxy) is 1. The van der Waals surface area contributed by atoms with Gasteiger partial charge in [0.2, 0.25) is 0 Å². The molecule has 0 spiro atoms. The van der Waals surface area contributed by atoms with Gasteiger partial charge >= 0.3 is 0 Å². The first-order valence-corrected chi connectivity index (χ1v) is 11.3. The summed E-state index contributed by atoms with van der Waals surface area (Å²) in [4.78, 5) is 17.5. The second-order valence-electron chi connectivity index (χ2n) is 8.48. The van der Waals surface area contributed by atoms with Gasteiger partial charge in [0.05, 0.1) is 5.56 Å². The monoisotopic (exact) mass is 433 g/mol. The van der Waals surface area contributed by atoms with E-state index in [-0.39, 0.29) is 11.7 Å². The molecule has 30 heavy (non-hydrogen) atoms. The third-order valence-corrected chi connectivity index (χ3v) is 6.48. The number of halogens is 2. The molecule has 1 N–H and O–H groups in total. The first-order valence-electron chi connectivity index (χ1n) is 10.9. The minimum atomic E-state index is -0.386. The summed E-state index contributed by atoms with van der Waals surface area (Å²) in [5.41, 5.74) is 1.48. The van der Waals surface area contributed by atoms with Crippen molar-refractivity contribution in [2.45, 2.75) is 52.0 Å². The van der Waals surface area contributed by atoms with E-state index in [1.807, 2.05) is 11.5 Å². The van der Waals surface area contributed by atoms with Gasteiger partial charge in [-0.3, -0.25) is 4.79 Å². The predicted molar refractivity (Wildman–Crippen MR) is 115 cm³/mol. The highest BCUT2D eigenvalue weighted by molar-refractivity contribution is 6.30. The van der Waals surface area contributed by atoms with Crippen molar-refractivity contribution in [3.63, 3.8) is 0 Å². The summed E-state index contributed by atoms with van der Waals surface area (Å²) >= 11 is 6.12. The zero-order valence-electron chi connectivity index (χ0n) is 17.4. The van der Waals surface area contributed by atoms with E-state index in [0.717, 1.165) is 57.1 Å². The Kier molecular flexibility index (Phi) is 6.74. The van der Waals surface area contributed by atoms with Gasteiger partial charge in [-0.15, -0.1) is 0 Å². The van der Waals surface area contributed by atoms with E-state index in [1.165, 1.54) is 25.0 Å². The van der Waals surface area contributed by atoms with Gasteiger partial charge in [0.25, 0.3) is 5.91 Å². The van der Waals surface area contributed by atoms with Crippen LogP contribution in [0.4, 0.5) is 4.39 Å². The molecule has 1 aromatic carbocycles. The molecule has 2 heterocycles. The van der Waals surface area contributed by atoms with Gasteiger partial charge in [0, 0.05) is 37.0 Å². The minimum Gasteiger partial charge on any atom is -0.381 e. The van der Waals surface area contributed by atoms with Crippen LogP contribution in [0, 0.1) is 24.6 Å². The van der Waals surface area contributed by atoms with Crippen LogP contribution < -0.4 is 5.32 Å². The van der Waals surface area contributed by atoms with Crippen LogP contribution >= 0.6 is 11.6 Å². The maximum atomic E-state index is 14.6. The van der Waals surface area contributed by atoms with E-state index in [1.54, 1.807) is 6.07 Å². The average Bonchev–Trinajstić information content (AvgIpc) is 3.51. The number of hydrogen-bond acceptors (Lipinski definition) is 3. The Balaban J connectivity index is 1.53. The van der Waals surface area contributed by atoms with Crippen molar-refractivity contribution in [3.05, 3.63) is 40.4 Å². The molecule has 7 heteroatoms. The number of carbonyl (C=O) groups excluding carboxylic acids is 1. The number of benzene rings is 1. The molecule has 2 fully saturated rings. The van der Waals surface area contributed by atoms with Crippen LogP contribution in [0.3, 0.4) is 0 Å². The number of rotatable bonds is 8. The maximum absolute atomic E-state index is 14.6. The fourth-order valence-electron chi connectivity index (χ4n) is 4.12. The van der Waals surface area contributed by atoms with Crippen molar-refractivity contribution in [1.82, 2.24) is 14.9 Å². The Labute approximate surface area is 182 Å². The maximum Gasteiger partial charge on any atom is 0.271 e. The highest BCUT2D eigenvalue weighted by Gasteiger charge is 2.26. The highest BCUT2D eigenvalue weighted by atomic mass is 35.5. The van der Waals surface area contributed by atoms with Crippen molar-refractivity contribution in [2.75, 3.05) is 19.8 Å². The smallest absolute Gasteiger partial charge is 0.271 e. The van der Waals surface area contributed by atoms with Gasteiger partial charge in [0.15, 0.2) is 0 Å². The quantitative estimate of drug-likeness (QED) is 0.637. The van der Waals surface area contributed by atoms with Crippen molar-refractivity contribution in [2.24, 2.45) is 11.8 Å². The fraction of sp³-hybridized carbons (Fsp3) is 0.565. The number of imidazole rings is 1. The van der Waals surface area contributed by atoms with Crippen LogP contribution in [0.25, 0.3) is 11.4 Å². The first-order chi connectivity index (χ1) is 14.5. The molecule has 0 unspecified atom stereocenters. The summed E-state index contributed by atoms with van der Waals surface area (Å²) in [7, 11) is 0. The Bertz CT molecular complexity index is 904. The summed E-state index contributed by atoms with van der Waals surface area (Å²) in [5.74, 6) is 1.20. The summed E-state index contributed by atoms with van der Waals surface area (Å²) < 4.78 is 21.9. The number of nitrogens with zero attached hydrogens (tertiary/aromatic N) is 2. The second-order valence-corrected chi connectivity index (χ2v) is 8.91. The zero-order chi connectivity index (χ0) is 21.1. The highest BCUT2D eigenvalue weighted by Crippen LogP contribution is 2.34.